The predicted octanol–water partition coefficient (Wildman–Crippen LogP) is 3.22. The largest absolute Gasteiger partial charge is 0.385 e. The topological polar surface area (TPSA) is 79.8 Å². The molecule has 0 amide bonds. The summed E-state index contributed by atoms with van der Waals surface area (Å²) in [5.41, 5.74) is 0.157. The third-order valence-electron chi connectivity index (χ3n) is 5.29. The Hall–Kier alpha value is -0.0900. The number of sulfone groups is 1. The zero-order chi connectivity index (χ0) is 19.7. The maximum Gasteiger partial charge on any atom is 0.191 e. The van der Waals surface area contributed by atoms with E-state index in [0.717, 1.165) is 32.1 Å². The van der Waals surface area contributed by atoms with Gasteiger partial charge in [-0.25, -0.2) is 8.42 Å². The van der Waals surface area contributed by atoms with Gasteiger partial charge in [-0.15, -0.1) is 24.0 Å². The van der Waals surface area contributed by atoms with Crippen molar-refractivity contribution in [1.29, 1.82) is 0 Å². The van der Waals surface area contributed by atoms with Gasteiger partial charge in [0.2, 0.25) is 0 Å². The van der Waals surface area contributed by atoms with Gasteiger partial charge in [0.05, 0.1) is 5.75 Å². The predicted molar refractivity (Wildman–Crippen MR) is 125 cm³/mol. The Morgan fingerprint density at radius 2 is 1.85 bits per heavy atom. The second kappa shape index (κ2) is 12.5. The molecule has 1 aliphatic rings. The lowest BCUT2D eigenvalue weighted by Crippen LogP contribution is -2.43. The molecule has 0 unspecified atom stereocenters. The van der Waals surface area contributed by atoms with Crippen LogP contribution in [0.4, 0.5) is 0 Å². The molecule has 2 N–H and O–H groups in total. The molecule has 0 saturated heterocycles. The number of nitrogens with zero attached hydrogens (tertiary/aromatic N) is 1. The number of methoxy groups -OCH3 is 1. The van der Waals surface area contributed by atoms with Crippen molar-refractivity contribution in [3.05, 3.63) is 0 Å². The molecule has 0 aliphatic heterocycles. The van der Waals surface area contributed by atoms with Gasteiger partial charge >= 0.3 is 0 Å². The molecule has 1 saturated carbocycles. The fourth-order valence-electron chi connectivity index (χ4n) is 3.41. The summed E-state index contributed by atoms with van der Waals surface area (Å²) in [6.07, 6.45) is 8.04. The van der Waals surface area contributed by atoms with Gasteiger partial charge in [-0.2, -0.15) is 0 Å². The summed E-state index contributed by atoms with van der Waals surface area (Å²) in [4.78, 5) is 4.73. The van der Waals surface area contributed by atoms with Crippen LogP contribution in [0.3, 0.4) is 0 Å². The van der Waals surface area contributed by atoms with E-state index in [1.54, 1.807) is 7.11 Å². The van der Waals surface area contributed by atoms with E-state index in [2.05, 4.69) is 31.4 Å². The molecule has 8 heteroatoms. The van der Waals surface area contributed by atoms with Crippen LogP contribution in [0, 0.1) is 10.8 Å². The Bertz CT molecular complexity index is 544. The van der Waals surface area contributed by atoms with Crippen molar-refractivity contribution in [2.45, 2.75) is 59.3 Å². The maximum atomic E-state index is 11.4. The zero-order valence-corrected chi connectivity index (χ0v) is 20.9. The molecule has 6 nitrogen and oxygen atoms in total. The molecule has 0 bridgehead atoms. The lowest BCUT2D eigenvalue weighted by Gasteiger charge is -2.30. The molecule has 1 aliphatic carbocycles. The van der Waals surface area contributed by atoms with E-state index in [1.165, 1.54) is 31.9 Å². The van der Waals surface area contributed by atoms with Crippen molar-refractivity contribution in [3.63, 3.8) is 0 Å². The average molecular weight is 518 g/mol. The highest BCUT2D eigenvalue weighted by Gasteiger charge is 2.33. The monoisotopic (exact) mass is 517 g/mol. The molecule has 162 valence electrons. The van der Waals surface area contributed by atoms with Crippen LogP contribution in [0.25, 0.3) is 0 Å². The minimum Gasteiger partial charge on any atom is -0.385 e. The van der Waals surface area contributed by atoms with Crippen LogP contribution in [-0.4, -0.2) is 59.7 Å². The second-order valence-corrected chi connectivity index (χ2v) is 10.8. The fraction of sp³-hybridized carbons (Fsp3) is 0.947. The van der Waals surface area contributed by atoms with Gasteiger partial charge in [0.25, 0.3) is 0 Å². The smallest absolute Gasteiger partial charge is 0.191 e. The first kappa shape index (κ1) is 26.9. The third kappa shape index (κ3) is 11.5. The van der Waals surface area contributed by atoms with Gasteiger partial charge in [-0.1, -0.05) is 26.7 Å². The molecular weight excluding hydrogens is 477 g/mol. The second-order valence-electron chi connectivity index (χ2n) is 8.54. The van der Waals surface area contributed by atoms with Crippen molar-refractivity contribution in [3.8, 4) is 0 Å². The molecular formula is C19H40IN3O3S. The van der Waals surface area contributed by atoms with Crippen molar-refractivity contribution in [2.24, 2.45) is 15.8 Å². The number of hydrogen-bond donors (Lipinski definition) is 2. The highest BCUT2D eigenvalue weighted by atomic mass is 127. The molecule has 1 rings (SSSR count). The summed E-state index contributed by atoms with van der Waals surface area (Å²) in [5, 5.41) is 6.84. The first-order chi connectivity index (χ1) is 12.1. The highest BCUT2D eigenvalue weighted by molar-refractivity contribution is 14.0. The number of rotatable bonds is 11. The van der Waals surface area contributed by atoms with Crippen LogP contribution in [0.5, 0.6) is 0 Å². The summed E-state index contributed by atoms with van der Waals surface area (Å²) < 4.78 is 28.1. The number of guanidine groups is 1. The van der Waals surface area contributed by atoms with E-state index in [4.69, 9.17) is 9.73 Å². The van der Waals surface area contributed by atoms with E-state index < -0.39 is 9.84 Å². The molecule has 0 atom stereocenters. The van der Waals surface area contributed by atoms with E-state index in [1.807, 2.05) is 0 Å². The fourth-order valence-corrected chi connectivity index (χ4v) is 4.33. The maximum absolute atomic E-state index is 11.4. The lowest BCUT2D eigenvalue weighted by molar-refractivity contribution is 0.138. The summed E-state index contributed by atoms with van der Waals surface area (Å²) in [6, 6.07) is 0. The van der Waals surface area contributed by atoms with Crippen LogP contribution in [0.15, 0.2) is 4.99 Å². The van der Waals surface area contributed by atoms with Crippen LogP contribution < -0.4 is 10.6 Å². The molecule has 0 aromatic heterocycles. The molecule has 0 aromatic rings. The molecule has 0 radical (unpaired) electrons. The number of nitrogens with one attached hydrogen (secondary N) is 2. The highest BCUT2D eigenvalue weighted by Crippen LogP contribution is 2.40. The minimum atomic E-state index is -2.94. The average Bonchev–Trinajstić information content (AvgIpc) is 3.03. The zero-order valence-electron chi connectivity index (χ0n) is 17.8. The van der Waals surface area contributed by atoms with E-state index in [-0.39, 0.29) is 35.1 Å². The Labute approximate surface area is 183 Å². The van der Waals surface area contributed by atoms with Crippen molar-refractivity contribution >= 4 is 39.8 Å². The summed E-state index contributed by atoms with van der Waals surface area (Å²) >= 11 is 0. The summed E-state index contributed by atoms with van der Waals surface area (Å²) in [5.74, 6) is 1.03. The molecule has 0 heterocycles. The van der Waals surface area contributed by atoms with Crippen LogP contribution >= 0.6 is 24.0 Å². The van der Waals surface area contributed by atoms with Gasteiger partial charge in [0, 0.05) is 39.6 Å². The molecule has 0 aromatic carbocycles. The first-order valence-electron chi connectivity index (χ1n) is 9.80. The lowest BCUT2D eigenvalue weighted by atomic mass is 9.83. The summed E-state index contributed by atoms with van der Waals surface area (Å²) in [6.45, 7) is 9.32. The SMILES string of the molecule is CCNC(=NCC(C)(C)CCS(C)(=O)=O)NCC1(CCOC)CCCC1.I. The van der Waals surface area contributed by atoms with Crippen molar-refractivity contribution in [2.75, 3.05) is 45.4 Å². The Morgan fingerprint density at radius 1 is 1.22 bits per heavy atom. The molecule has 27 heavy (non-hydrogen) atoms. The quantitative estimate of drug-likeness (QED) is 0.250. The van der Waals surface area contributed by atoms with Gasteiger partial charge < -0.3 is 15.4 Å². The van der Waals surface area contributed by atoms with Crippen LogP contribution in [0.1, 0.15) is 59.3 Å². The number of ether oxygens (including phenoxy) is 1. The Balaban J connectivity index is 0.00000676. The molecule has 1 fully saturated rings. The van der Waals surface area contributed by atoms with Gasteiger partial charge in [-0.05, 0) is 43.4 Å². The van der Waals surface area contributed by atoms with E-state index >= 15 is 0 Å². The van der Waals surface area contributed by atoms with Crippen LogP contribution in [0.2, 0.25) is 0 Å². The van der Waals surface area contributed by atoms with E-state index in [9.17, 15) is 8.42 Å². The van der Waals surface area contributed by atoms with Crippen LogP contribution in [-0.2, 0) is 14.6 Å². The number of hydrogen-bond acceptors (Lipinski definition) is 4. The Morgan fingerprint density at radius 3 is 2.37 bits per heavy atom. The standard InChI is InChI=1S/C19H39N3O3S.HI/c1-6-20-17(21-15-18(2,3)12-14-26(5,23)24)22-16-19(11-13-25-4)9-7-8-10-19;/h6-16H2,1-5H3,(H2,20,21,22);1H. The molecule has 0 spiro atoms. The normalized spacial score (nSPS) is 17.4. The van der Waals surface area contributed by atoms with Gasteiger partial charge in [0.1, 0.15) is 9.84 Å². The van der Waals surface area contributed by atoms with Gasteiger partial charge in [0.15, 0.2) is 5.96 Å². The Kier molecular flexibility index (Phi) is 12.4. The summed E-state index contributed by atoms with van der Waals surface area (Å²) in [7, 11) is -1.17. The van der Waals surface area contributed by atoms with E-state index in [0.29, 0.717) is 18.4 Å². The number of aliphatic imine (C=N–C) groups is 1. The number of halogens is 1. The minimum absolute atomic E-state index is 0. The van der Waals surface area contributed by atoms with Crippen molar-refractivity contribution in [1.82, 2.24) is 10.6 Å². The third-order valence-corrected chi connectivity index (χ3v) is 6.24. The first-order valence-corrected chi connectivity index (χ1v) is 11.9. The van der Waals surface area contributed by atoms with Gasteiger partial charge in [-0.3, -0.25) is 4.99 Å². The van der Waals surface area contributed by atoms with Crippen molar-refractivity contribution < 1.29 is 13.2 Å².